The summed E-state index contributed by atoms with van der Waals surface area (Å²) in [5, 5.41) is 5.93. The Morgan fingerprint density at radius 1 is 1.53 bits per heavy atom. The lowest BCUT2D eigenvalue weighted by molar-refractivity contribution is -0.121. The number of nitrogens with two attached hydrogens (primary N) is 1. The van der Waals surface area contributed by atoms with Crippen molar-refractivity contribution in [2.75, 3.05) is 31.3 Å². The average molecular weight is 330 g/mol. The van der Waals surface area contributed by atoms with Gasteiger partial charge in [-0.3, -0.25) is 4.79 Å². The van der Waals surface area contributed by atoms with Gasteiger partial charge in [-0.1, -0.05) is 0 Å². The van der Waals surface area contributed by atoms with Gasteiger partial charge in [-0.15, -0.1) is 0 Å². The summed E-state index contributed by atoms with van der Waals surface area (Å²) >= 11 is 3.43. The number of nitrogens with one attached hydrogen (secondary N) is 2. The van der Waals surface area contributed by atoms with Crippen molar-refractivity contribution in [1.82, 2.24) is 5.32 Å². The van der Waals surface area contributed by atoms with Gasteiger partial charge in [0.25, 0.3) is 0 Å². The van der Waals surface area contributed by atoms with Crippen LogP contribution in [0.3, 0.4) is 0 Å². The molecule has 1 atom stereocenters. The van der Waals surface area contributed by atoms with Crippen molar-refractivity contribution in [1.29, 1.82) is 0 Å². The number of rotatable bonds is 6. The molecule has 0 aliphatic carbocycles. The fourth-order valence-corrected chi connectivity index (χ4v) is 2.01. The fourth-order valence-electron chi connectivity index (χ4n) is 1.54. The number of aryl methyl sites for hydroxylation is 1. The van der Waals surface area contributed by atoms with E-state index in [1.807, 2.05) is 19.1 Å². The second-order valence-corrected chi connectivity index (χ2v) is 5.19. The zero-order chi connectivity index (χ0) is 14.4. The van der Waals surface area contributed by atoms with E-state index < -0.39 is 0 Å². The number of amides is 1. The minimum Gasteiger partial charge on any atom is -0.398 e. The van der Waals surface area contributed by atoms with E-state index in [0.717, 1.165) is 21.4 Å². The third-order valence-electron chi connectivity index (χ3n) is 2.73. The van der Waals surface area contributed by atoms with Crippen LogP contribution in [0.1, 0.15) is 12.5 Å². The molecule has 5 nitrogen and oxygen atoms in total. The maximum Gasteiger partial charge on any atom is 0.242 e. The first kappa shape index (κ1) is 15.8. The molecule has 0 radical (unpaired) electrons. The highest BCUT2D eigenvalue weighted by molar-refractivity contribution is 9.10. The van der Waals surface area contributed by atoms with E-state index >= 15 is 0 Å². The minimum absolute atomic E-state index is 0.0709. The molecule has 1 aromatic rings. The first-order valence-electron chi connectivity index (χ1n) is 6.04. The van der Waals surface area contributed by atoms with Crippen molar-refractivity contribution in [3.05, 3.63) is 22.2 Å². The van der Waals surface area contributed by atoms with Crippen molar-refractivity contribution in [2.24, 2.45) is 0 Å². The van der Waals surface area contributed by atoms with E-state index in [1.54, 1.807) is 14.0 Å². The van der Waals surface area contributed by atoms with Gasteiger partial charge in [0.1, 0.15) is 6.04 Å². The van der Waals surface area contributed by atoms with E-state index in [9.17, 15) is 4.79 Å². The monoisotopic (exact) mass is 329 g/mol. The number of hydrogen-bond acceptors (Lipinski definition) is 4. The van der Waals surface area contributed by atoms with Gasteiger partial charge in [0.05, 0.1) is 6.61 Å². The van der Waals surface area contributed by atoms with Gasteiger partial charge in [0, 0.05) is 29.5 Å². The zero-order valence-electron chi connectivity index (χ0n) is 11.4. The van der Waals surface area contributed by atoms with E-state index in [1.165, 1.54) is 0 Å². The predicted octanol–water partition coefficient (Wildman–Crippen LogP) is 1.90. The number of halogens is 1. The highest BCUT2D eigenvalue weighted by Gasteiger charge is 2.13. The Bertz CT molecular complexity index is 452. The van der Waals surface area contributed by atoms with Crippen LogP contribution in [-0.4, -0.2) is 32.2 Å². The third kappa shape index (κ3) is 4.72. The number of carbonyl (C=O) groups is 1. The Kier molecular flexibility index (Phi) is 6.11. The Morgan fingerprint density at radius 3 is 2.84 bits per heavy atom. The summed E-state index contributed by atoms with van der Waals surface area (Å²) in [5.41, 5.74) is 8.35. The molecule has 0 saturated carbocycles. The van der Waals surface area contributed by atoms with Gasteiger partial charge in [0.2, 0.25) is 5.91 Å². The third-order valence-corrected chi connectivity index (χ3v) is 3.38. The van der Waals surface area contributed by atoms with Crippen molar-refractivity contribution in [3.63, 3.8) is 0 Å². The molecule has 0 aliphatic heterocycles. The summed E-state index contributed by atoms with van der Waals surface area (Å²) in [6.45, 7) is 4.74. The molecule has 1 amide bonds. The molecule has 1 aromatic carbocycles. The lowest BCUT2D eigenvalue weighted by Crippen LogP contribution is -2.39. The highest BCUT2D eigenvalue weighted by Crippen LogP contribution is 2.28. The zero-order valence-corrected chi connectivity index (χ0v) is 13.0. The highest BCUT2D eigenvalue weighted by atomic mass is 79.9. The summed E-state index contributed by atoms with van der Waals surface area (Å²) in [5.74, 6) is -0.0709. The second kappa shape index (κ2) is 7.35. The maximum atomic E-state index is 11.8. The molecular weight excluding hydrogens is 310 g/mol. The Morgan fingerprint density at radius 2 is 2.21 bits per heavy atom. The Labute approximate surface area is 122 Å². The van der Waals surface area contributed by atoms with Crippen molar-refractivity contribution in [3.8, 4) is 0 Å². The standard InChI is InChI=1S/C13H20BrN3O2/c1-8-6-12(10(14)7-11(8)15)17-9(2)13(18)16-4-5-19-3/h6-7,9,17H,4-5,15H2,1-3H3,(H,16,18). The van der Waals surface area contributed by atoms with E-state index in [-0.39, 0.29) is 11.9 Å². The molecular formula is C13H20BrN3O2. The van der Waals surface area contributed by atoms with Crippen molar-refractivity contribution >= 4 is 33.2 Å². The second-order valence-electron chi connectivity index (χ2n) is 4.34. The van der Waals surface area contributed by atoms with Crippen LogP contribution < -0.4 is 16.4 Å². The van der Waals surface area contributed by atoms with Crippen LogP contribution in [-0.2, 0) is 9.53 Å². The molecule has 1 unspecified atom stereocenters. The number of carbonyl (C=O) groups excluding carboxylic acids is 1. The summed E-state index contributed by atoms with van der Waals surface area (Å²) in [6, 6.07) is 3.40. The molecule has 19 heavy (non-hydrogen) atoms. The lowest BCUT2D eigenvalue weighted by atomic mass is 10.1. The van der Waals surface area contributed by atoms with Crippen LogP contribution in [0.4, 0.5) is 11.4 Å². The van der Waals surface area contributed by atoms with Crippen LogP contribution in [0.2, 0.25) is 0 Å². The van der Waals surface area contributed by atoms with E-state index in [0.29, 0.717) is 13.2 Å². The molecule has 0 aliphatic rings. The molecule has 0 fully saturated rings. The number of nitrogen functional groups attached to an aromatic ring is 1. The summed E-state index contributed by atoms with van der Waals surface area (Å²) in [4.78, 5) is 11.8. The first-order chi connectivity index (χ1) is 8.95. The van der Waals surface area contributed by atoms with Gasteiger partial charge < -0.3 is 21.1 Å². The predicted molar refractivity (Wildman–Crippen MR) is 81.3 cm³/mol. The van der Waals surface area contributed by atoms with Gasteiger partial charge in [-0.25, -0.2) is 0 Å². The molecule has 6 heteroatoms. The maximum absolute atomic E-state index is 11.8. The summed E-state index contributed by atoms with van der Waals surface area (Å²) in [7, 11) is 1.60. The molecule has 0 heterocycles. The normalized spacial score (nSPS) is 12.0. The van der Waals surface area contributed by atoms with Gasteiger partial charge >= 0.3 is 0 Å². The van der Waals surface area contributed by atoms with Crippen LogP contribution in [0.5, 0.6) is 0 Å². The smallest absolute Gasteiger partial charge is 0.242 e. The SMILES string of the molecule is COCCNC(=O)C(C)Nc1cc(C)c(N)cc1Br. The van der Waals surface area contributed by atoms with Crippen molar-refractivity contribution < 1.29 is 9.53 Å². The largest absolute Gasteiger partial charge is 0.398 e. The number of methoxy groups -OCH3 is 1. The minimum atomic E-state index is -0.337. The summed E-state index contributed by atoms with van der Waals surface area (Å²) in [6.07, 6.45) is 0. The van der Waals surface area contributed by atoms with E-state index in [2.05, 4.69) is 26.6 Å². The van der Waals surface area contributed by atoms with E-state index in [4.69, 9.17) is 10.5 Å². The number of hydrogen-bond donors (Lipinski definition) is 3. The van der Waals surface area contributed by atoms with Crippen LogP contribution >= 0.6 is 15.9 Å². The molecule has 0 aromatic heterocycles. The van der Waals surface area contributed by atoms with Crippen LogP contribution in [0, 0.1) is 6.92 Å². The summed E-state index contributed by atoms with van der Waals surface area (Å²) < 4.78 is 5.72. The molecule has 0 spiro atoms. The molecule has 0 saturated heterocycles. The molecule has 0 bridgehead atoms. The quantitative estimate of drug-likeness (QED) is 0.550. The average Bonchev–Trinajstić information content (AvgIpc) is 2.36. The fraction of sp³-hybridized carbons (Fsp3) is 0.462. The van der Waals surface area contributed by atoms with Crippen LogP contribution in [0.25, 0.3) is 0 Å². The Hall–Kier alpha value is -1.27. The first-order valence-corrected chi connectivity index (χ1v) is 6.83. The lowest BCUT2D eigenvalue weighted by Gasteiger charge is -2.17. The van der Waals surface area contributed by atoms with Gasteiger partial charge in [-0.05, 0) is 47.5 Å². The number of benzene rings is 1. The Balaban J connectivity index is 2.63. The van der Waals surface area contributed by atoms with Crippen molar-refractivity contribution in [2.45, 2.75) is 19.9 Å². The number of anilines is 2. The topological polar surface area (TPSA) is 76.4 Å². The number of ether oxygens (including phenoxy) is 1. The molecule has 106 valence electrons. The van der Waals surface area contributed by atoms with Crippen LogP contribution in [0.15, 0.2) is 16.6 Å². The molecule has 1 rings (SSSR count). The van der Waals surface area contributed by atoms with Gasteiger partial charge in [0.15, 0.2) is 0 Å². The van der Waals surface area contributed by atoms with Gasteiger partial charge in [-0.2, -0.15) is 0 Å². The molecule has 4 N–H and O–H groups in total.